The zero-order valence-corrected chi connectivity index (χ0v) is 9.46. The fourth-order valence-electron chi connectivity index (χ4n) is 1.67. The molecule has 1 aliphatic rings. The molecule has 0 bridgehead atoms. The van der Waals surface area contributed by atoms with E-state index in [4.69, 9.17) is 8.92 Å². The van der Waals surface area contributed by atoms with Crippen LogP contribution in [-0.4, -0.2) is 23.2 Å². The topological polar surface area (TPSA) is 35.5 Å². The summed E-state index contributed by atoms with van der Waals surface area (Å²) in [5, 5.41) is 0. The van der Waals surface area contributed by atoms with Crippen LogP contribution in [0.15, 0.2) is 24.3 Å². The Labute approximate surface area is 92.1 Å². The molecular weight excluding hydrogens is 212 g/mol. The van der Waals surface area contributed by atoms with Gasteiger partial charge in [0.1, 0.15) is 18.5 Å². The van der Waals surface area contributed by atoms with E-state index in [1.165, 1.54) is 11.8 Å². The lowest BCUT2D eigenvalue weighted by atomic mass is 10.0. The van der Waals surface area contributed by atoms with Crippen LogP contribution < -0.4 is 4.74 Å². The molecule has 0 saturated heterocycles. The van der Waals surface area contributed by atoms with Crippen molar-refractivity contribution in [2.24, 2.45) is 0 Å². The van der Waals surface area contributed by atoms with Gasteiger partial charge in [0.15, 0.2) is 11.1 Å². The van der Waals surface area contributed by atoms with Crippen LogP contribution in [0, 0.1) is 0 Å². The highest BCUT2D eigenvalue weighted by Crippen LogP contribution is 2.26. The fourth-order valence-corrected chi connectivity index (χ4v) is 2.01. The minimum Gasteiger partial charge on any atom is -0.488 e. The first kappa shape index (κ1) is 10.6. The number of hydrogen-bond donors (Lipinski definition) is 0. The number of rotatable bonds is 3. The van der Waals surface area contributed by atoms with Gasteiger partial charge in [-0.1, -0.05) is 18.2 Å². The van der Waals surface area contributed by atoms with Crippen molar-refractivity contribution in [3.8, 4) is 5.75 Å². The second kappa shape index (κ2) is 4.77. The molecule has 1 heterocycles. The Morgan fingerprint density at radius 1 is 1.53 bits per heavy atom. The van der Waals surface area contributed by atoms with Crippen molar-refractivity contribution in [2.75, 3.05) is 12.9 Å². The SMILES string of the molecule is CS(=O)OCC1CCc2ccccc2O1. The zero-order chi connectivity index (χ0) is 10.7. The van der Waals surface area contributed by atoms with Gasteiger partial charge in [0, 0.05) is 6.26 Å². The lowest BCUT2D eigenvalue weighted by molar-refractivity contribution is 0.117. The van der Waals surface area contributed by atoms with E-state index in [-0.39, 0.29) is 6.10 Å². The molecule has 3 nitrogen and oxygen atoms in total. The molecule has 4 heteroatoms. The molecule has 0 N–H and O–H groups in total. The molecule has 2 atom stereocenters. The van der Waals surface area contributed by atoms with Crippen molar-refractivity contribution in [2.45, 2.75) is 18.9 Å². The van der Waals surface area contributed by atoms with Crippen LogP contribution >= 0.6 is 0 Å². The Morgan fingerprint density at radius 3 is 3.13 bits per heavy atom. The number of aryl methyl sites for hydroxylation is 1. The molecule has 0 fully saturated rings. The maximum Gasteiger partial charge on any atom is 0.152 e. The van der Waals surface area contributed by atoms with Gasteiger partial charge in [-0.05, 0) is 24.5 Å². The molecule has 15 heavy (non-hydrogen) atoms. The van der Waals surface area contributed by atoms with Crippen LogP contribution in [0.2, 0.25) is 0 Å². The summed E-state index contributed by atoms with van der Waals surface area (Å²) in [4.78, 5) is 0. The maximum absolute atomic E-state index is 10.8. The molecule has 0 spiro atoms. The van der Waals surface area contributed by atoms with E-state index in [1.54, 1.807) is 0 Å². The molecule has 2 rings (SSSR count). The van der Waals surface area contributed by atoms with Crippen LogP contribution in [0.25, 0.3) is 0 Å². The second-order valence-corrected chi connectivity index (χ2v) is 4.61. The van der Waals surface area contributed by atoms with Crippen molar-refractivity contribution in [1.29, 1.82) is 0 Å². The predicted molar refractivity (Wildman–Crippen MR) is 59.2 cm³/mol. The highest BCUT2D eigenvalue weighted by molar-refractivity contribution is 7.79. The fraction of sp³-hybridized carbons (Fsp3) is 0.455. The normalized spacial score (nSPS) is 21.5. The molecule has 0 aliphatic carbocycles. The molecule has 1 aromatic rings. The molecule has 0 aromatic heterocycles. The smallest absolute Gasteiger partial charge is 0.152 e. The summed E-state index contributed by atoms with van der Waals surface area (Å²) in [6, 6.07) is 8.01. The standard InChI is InChI=1S/C11H14O3S/c1-15(12)13-8-10-7-6-9-4-2-3-5-11(9)14-10/h2-5,10H,6-8H2,1H3. The van der Waals surface area contributed by atoms with Crippen LogP contribution in [0.3, 0.4) is 0 Å². The van der Waals surface area contributed by atoms with E-state index in [1.807, 2.05) is 18.2 Å². The summed E-state index contributed by atoms with van der Waals surface area (Å²) in [5.41, 5.74) is 1.24. The van der Waals surface area contributed by atoms with Gasteiger partial charge in [-0.15, -0.1) is 0 Å². The van der Waals surface area contributed by atoms with E-state index < -0.39 is 11.1 Å². The number of fused-ring (bicyclic) bond motifs is 1. The van der Waals surface area contributed by atoms with Gasteiger partial charge in [0.25, 0.3) is 0 Å². The molecule has 0 radical (unpaired) electrons. The molecule has 0 saturated carbocycles. The van der Waals surface area contributed by atoms with Gasteiger partial charge in [-0.2, -0.15) is 0 Å². The van der Waals surface area contributed by atoms with Crippen molar-refractivity contribution in [3.05, 3.63) is 29.8 Å². The van der Waals surface area contributed by atoms with E-state index in [9.17, 15) is 4.21 Å². The summed E-state index contributed by atoms with van der Waals surface area (Å²) >= 11 is -1.21. The van der Waals surface area contributed by atoms with Crippen molar-refractivity contribution < 1.29 is 13.1 Å². The average molecular weight is 226 g/mol. The lowest BCUT2D eigenvalue weighted by Crippen LogP contribution is -2.27. The average Bonchev–Trinajstić information content (AvgIpc) is 2.26. The zero-order valence-electron chi connectivity index (χ0n) is 8.64. The van der Waals surface area contributed by atoms with Crippen LogP contribution in [0.5, 0.6) is 5.75 Å². The monoisotopic (exact) mass is 226 g/mol. The molecule has 1 aliphatic heterocycles. The summed E-state index contributed by atoms with van der Waals surface area (Å²) < 4.78 is 21.5. The quantitative estimate of drug-likeness (QED) is 0.786. The number of ether oxygens (including phenoxy) is 1. The first-order valence-electron chi connectivity index (χ1n) is 4.97. The van der Waals surface area contributed by atoms with Gasteiger partial charge in [0.05, 0.1) is 0 Å². The maximum atomic E-state index is 10.8. The van der Waals surface area contributed by atoms with E-state index >= 15 is 0 Å². The van der Waals surface area contributed by atoms with Gasteiger partial charge in [0.2, 0.25) is 0 Å². The van der Waals surface area contributed by atoms with Crippen LogP contribution in [0.1, 0.15) is 12.0 Å². The minimum atomic E-state index is -1.21. The highest BCUT2D eigenvalue weighted by Gasteiger charge is 2.19. The predicted octanol–water partition coefficient (Wildman–Crippen LogP) is 1.69. The Hall–Kier alpha value is -0.870. The van der Waals surface area contributed by atoms with E-state index in [0.29, 0.717) is 6.61 Å². The first-order valence-corrected chi connectivity index (χ1v) is 6.45. The number of hydrogen-bond acceptors (Lipinski definition) is 3. The van der Waals surface area contributed by atoms with Crippen molar-refractivity contribution >= 4 is 11.1 Å². The van der Waals surface area contributed by atoms with Gasteiger partial charge in [-0.25, -0.2) is 4.21 Å². The van der Waals surface area contributed by atoms with E-state index in [0.717, 1.165) is 18.6 Å². The van der Waals surface area contributed by atoms with Gasteiger partial charge >= 0.3 is 0 Å². The molecule has 0 amide bonds. The summed E-state index contributed by atoms with van der Waals surface area (Å²) in [7, 11) is 0. The Bertz CT molecular complexity index is 365. The van der Waals surface area contributed by atoms with E-state index in [2.05, 4.69) is 6.07 Å². The minimum absolute atomic E-state index is 0.0313. The largest absolute Gasteiger partial charge is 0.488 e. The van der Waals surface area contributed by atoms with Crippen LogP contribution in [0.4, 0.5) is 0 Å². The highest BCUT2D eigenvalue weighted by atomic mass is 32.2. The number of benzene rings is 1. The third kappa shape index (κ3) is 2.79. The lowest BCUT2D eigenvalue weighted by Gasteiger charge is -2.25. The third-order valence-electron chi connectivity index (χ3n) is 2.42. The second-order valence-electron chi connectivity index (χ2n) is 3.57. The summed E-state index contributed by atoms with van der Waals surface area (Å²) in [6.45, 7) is 0.400. The molecular formula is C11H14O3S. The van der Waals surface area contributed by atoms with Crippen molar-refractivity contribution in [3.63, 3.8) is 0 Å². The van der Waals surface area contributed by atoms with Gasteiger partial charge < -0.3 is 4.74 Å². The molecule has 82 valence electrons. The third-order valence-corrected chi connectivity index (χ3v) is 2.89. The molecule has 1 aromatic carbocycles. The molecule has 2 unspecified atom stereocenters. The first-order chi connectivity index (χ1) is 7.25. The summed E-state index contributed by atoms with van der Waals surface area (Å²) in [5.74, 6) is 0.930. The summed E-state index contributed by atoms with van der Waals surface area (Å²) in [6.07, 6.45) is 3.48. The van der Waals surface area contributed by atoms with Gasteiger partial charge in [-0.3, -0.25) is 4.18 Å². The Morgan fingerprint density at radius 2 is 2.33 bits per heavy atom. The Kier molecular flexibility index (Phi) is 3.38. The Balaban J connectivity index is 1.96. The van der Waals surface area contributed by atoms with Crippen LogP contribution in [-0.2, 0) is 21.7 Å². The number of para-hydroxylation sites is 1. The van der Waals surface area contributed by atoms with Crippen molar-refractivity contribution in [1.82, 2.24) is 0 Å².